The third-order valence-corrected chi connectivity index (χ3v) is 4.86. The molecule has 1 atom stereocenters. The van der Waals surface area contributed by atoms with Crippen LogP contribution >= 0.6 is 0 Å². The van der Waals surface area contributed by atoms with E-state index in [1.165, 1.54) is 4.31 Å². The number of sulfonamides is 1. The minimum Gasteiger partial charge on any atom is -0.324 e. The van der Waals surface area contributed by atoms with Crippen molar-refractivity contribution in [2.45, 2.75) is 32.7 Å². The Kier molecular flexibility index (Phi) is 4.15. The molecule has 0 saturated carbocycles. The van der Waals surface area contributed by atoms with E-state index in [0.29, 0.717) is 13.0 Å². The lowest BCUT2D eigenvalue weighted by Crippen LogP contribution is -2.42. The number of aryl methyl sites for hydroxylation is 2. The van der Waals surface area contributed by atoms with Gasteiger partial charge in [-0.1, -0.05) is 17.7 Å². The first-order chi connectivity index (χ1) is 9.29. The summed E-state index contributed by atoms with van der Waals surface area (Å²) < 4.78 is 24.6. The number of carbonyl (C=O) groups excluding carboxylic acids is 1. The third-order valence-electron chi connectivity index (χ3n) is 3.57. The number of amides is 1. The highest BCUT2D eigenvalue weighted by atomic mass is 32.2. The molecule has 0 bridgehead atoms. The van der Waals surface area contributed by atoms with Crippen molar-refractivity contribution in [3.8, 4) is 0 Å². The second-order valence-electron chi connectivity index (χ2n) is 5.34. The smallest absolute Gasteiger partial charge is 0.242 e. The van der Waals surface area contributed by atoms with Crippen molar-refractivity contribution in [3.05, 3.63) is 29.3 Å². The molecule has 1 aromatic carbocycles. The summed E-state index contributed by atoms with van der Waals surface area (Å²) in [5, 5.41) is 2.84. The molecule has 2 rings (SSSR count). The minimum absolute atomic E-state index is 0.250. The monoisotopic (exact) mass is 296 g/mol. The van der Waals surface area contributed by atoms with Gasteiger partial charge in [0.15, 0.2) is 0 Å². The van der Waals surface area contributed by atoms with Crippen molar-refractivity contribution in [2.24, 2.45) is 0 Å². The summed E-state index contributed by atoms with van der Waals surface area (Å²) in [6.45, 7) is 4.33. The van der Waals surface area contributed by atoms with Crippen molar-refractivity contribution < 1.29 is 13.2 Å². The highest BCUT2D eigenvalue weighted by Crippen LogP contribution is 2.23. The first-order valence-electron chi connectivity index (χ1n) is 6.64. The average Bonchev–Trinajstić information content (AvgIpc) is 2.81. The third kappa shape index (κ3) is 3.19. The molecule has 1 fully saturated rings. The molecule has 110 valence electrons. The highest BCUT2D eigenvalue weighted by molar-refractivity contribution is 7.88. The molecule has 20 heavy (non-hydrogen) atoms. The Morgan fingerprint density at radius 2 is 2.05 bits per heavy atom. The van der Waals surface area contributed by atoms with E-state index < -0.39 is 16.1 Å². The number of anilines is 1. The zero-order valence-corrected chi connectivity index (χ0v) is 12.8. The van der Waals surface area contributed by atoms with Gasteiger partial charge in [0.05, 0.1) is 6.26 Å². The van der Waals surface area contributed by atoms with Crippen LogP contribution in [0.5, 0.6) is 0 Å². The van der Waals surface area contributed by atoms with E-state index in [0.717, 1.165) is 29.5 Å². The van der Waals surface area contributed by atoms with E-state index in [1.54, 1.807) is 0 Å². The van der Waals surface area contributed by atoms with Gasteiger partial charge in [0.1, 0.15) is 6.04 Å². The summed E-state index contributed by atoms with van der Waals surface area (Å²) in [5.41, 5.74) is 2.84. The minimum atomic E-state index is -3.33. The highest BCUT2D eigenvalue weighted by Gasteiger charge is 2.36. The number of benzene rings is 1. The Balaban J connectivity index is 2.16. The molecule has 6 heteroatoms. The number of hydrogen-bond acceptors (Lipinski definition) is 3. The molecule has 0 aliphatic carbocycles. The van der Waals surface area contributed by atoms with E-state index in [9.17, 15) is 13.2 Å². The molecule has 1 saturated heterocycles. The summed E-state index contributed by atoms with van der Waals surface area (Å²) in [4.78, 5) is 12.3. The van der Waals surface area contributed by atoms with Crippen LogP contribution in [0.3, 0.4) is 0 Å². The normalized spacial score (nSPS) is 20.1. The zero-order valence-electron chi connectivity index (χ0n) is 12.0. The topological polar surface area (TPSA) is 66.5 Å². The van der Waals surface area contributed by atoms with Gasteiger partial charge in [0.25, 0.3) is 0 Å². The molecule has 0 radical (unpaired) electrons. The van der Waals surface area contributed by atoms with E-state index >= 15 is 0 Å². The largest absolute Gasteiger partial charge is 0.324 e. The summed E-state index contributed by atoms with van der Waals surface area (Å²) in [6, 6.07) is 5.16. The number of nitrogens with one attached hydrogen (secondary N) is 1. The van der Waals surface area contributed by atoms with E-state index in [1.807, 2.05) is 32.0 Å². The van der Waals surface area contributed by atoms with E-state index in [-0.39, 0.29) is 5.91 Å². The molecule has 1 N–H and O–H groups in total. The lowest BCUT2D eigenvalue weighted by molar-refractivity contribution is -0.119. The van der Waals surface area contributed by atoms with Gasteiger partial charge in [-0.25, -0.2) is 8.42 Å². The van der Waals surface area contributed by atoms with Crippen LogP contribution in [0.1, 0.15) is 24.0 Å². The molecule has 0 aromatic heterocycles. The zero-order chi connectivity index (χ0) is 14.9. The maximum atomic E-state index is 12.3. The van der Waals surface area contributed by atoms with Gasteiger partial charge in [-0.3, -0.25) is 4.79 Å². The van der Waals surface area contributed by atoms with Gasteiger partial charge < -0.3 is 5.32 Å². The van der Waals surface area contributed by atoms with Gasteiger partial charge in [0, 0.05) is 12.2 Å². The summed E-state index contributed by atoms with van der Waals surface area (Å²) in [7, 11) is -3.33. The van der Waals surface area contributed by atoms with Crippen molar-refractivity contribution >= 4 is 21.6 Å². The molecule has 0 spiro atoms. The molecule has 0 unspecified atom stereocenters. The fourth-order valence-corrected chi connectivity index (χ4v) is 3.69. The van der Waals surface area contributed by atoms with Crippen LogP contribution in [-0.2, 0) is 14.8 Å². The van der Waals surface area contributed by atoms with Gasteiger partial charge >= 0.3 is 0 Å². The SMILES string of the molecule is Cc1ccc(NC(=O)[C@H]2CCCN2S(C)(=O)=O)c(C)c1. The molecular formula is C14H20N2O3S. The number of carbonyl (C=O) groups is 1. The Bertz CT molecular complexity index is 625. The van der Waals surface area contributed by atoms with Gasteiger partial charge in [0.2, 0.25) is 15.9 Å². The first kappa shape index (κ1) is 15.0. The van der Waals surface area contributed by atoms with E-state index in [2.05, 4.69) is 5.32 Å². The molecule has 1 aliphatic heterocycles. The molecular weight excluding hydrogens is 276 g/mol. The van der Waals surface area contributed by atoms with E-state index in [4.69, 9.17) is 0 Å². The standard InChI is InChI=1S/C14H20N2O3S/c1-10-6-7-12(11(2)9-10)15-14(17)13-5-4-8-16(13)20(3,18)19/h6-7,9,13H,4-5,8H2,1-3H3,(H,15,17)/t13-/m1/s1. The van der Waals surface area contributed by atoms with Crippen LogP contribution in [0.25, 0.3) is 0 Å². The maximum Gasteiger partial charge on any atom is 0.242 e. The number of nitrogens with zero attached hydrogens (tertiary/aromatic N) is 1. The lowest BCUT2D eigenvalue weighted by atomic mass is 10.1. The number of rotatable bonds is 3. The van der Waals surface area contributed by atoms with Gasteiger partial charge in [-0.2, -0.15) is 4.31 Å². The molecule has 1 aromatic rings. The quantitative estimate of drug-likeness (QED) is 0.922. The van der Waals surface area contributed by atoms with Crippen LogP contribution in [0, 0.1) is 13.8 Å². The van der Waals surface area contributed by atoms with Crippen LogP contribution in [0.2, 0.25) is 0 Å². The van der Waals surface area contributed by atoms with Crippen LogP contribution in [0.4, 0.5) is 5.69 Å². The van der Waals surface area contributed by atoms with Gasteiger partial charge in [-0.15, -0.1) is 0 Å². The van der Waals surface area contributed by atoms with Crippen molar-refractivity contribution in [2.75, 3.05) is 18.1 Å². The Hall–Kier alpha value is -1.40. The van der Waals surface area contributed by atoms with Crippen molar-refractivity contribution in [1.82, 2.24) is 4.31 Å². The Labute approximate surface area is 120 Å². The predicted octanol–water partition coefficient (Wildman–Crippen LogP) is 1.67. The number of hydrogen-bond donors (Lipinski definition) is 1. The summed E-state index contributed by atoms with van der Waals surface area (Å²) >= 11 is 0. The van der Waals surface area contributed by atoms with Crippen molar-refractivity contribution in [3.63, 3.8) is 0 Å². The molecule has 1 heterocycles. The Morgan fingerprint density at radius 1 is 1.35 bits per heavy atom. The molecule has 1 amide bonds. The van der Waals surface area contributed by atoms with Crippen LogP contribution < -0.4 is 5.32 Å². The maximum absolute atomic E-state index is 12.3. The summed E-state index contributed by atoms with van der Waals surface area (Å²) in [6.07, 6.45) is 2.44. The fourth-order valence-electron chi connectivity index (χ4n) is 2.57. The van der Waals surface area contributed by atoms with Crippen LogP contribution in [-0.4, -0.2) is 37.5 Å². The molecule has 5 nitrogen and oxygen atoms in total. The van der Waals surface area contributed by atoms with Crippen molar-refractivity contribution in [1.29, 1.82) is 0 Å². The fraction of sp³-hybridized carbons (Fsp3) is 0.500. The molecule has 1 aliphatic rings. The second-order valence-corrected chi connectivity index (χ2v) is 7.27. The summed E-state index contributed by atoms with van der Waals surface area (Å²) in [5.74, 6) is -0.250. The predicted molar refractivity (Wildman–Crippen MR) is 79.1 cm³/mol. The van der Waals surface area contributed by atoms with Crippen LogP contribution in [0.15, 0.2) is 18.2 Å². The second kappa shape index (κ2) is 5.54. The average molecular weight is 296 g/mol. The Morgan fingerprint density at radius 3 is 2.65 bits per heavy atom. The lowest BCUT2D eigenvalue weighted by Gasteiger charge is -2.21. The van der Waals surface area contributed by atoms with Gasteiger partial charge in [-0.05, 0) is 38.3 Å². The first-order valence-corrected chi connectivity index (χ1v) is 8.49.